The predicted molar refractivity (Wildman–Crippen MR) is 77.9 cm³/mol. The van der Waals surface area contributed by atoms with Gasteiger partial charge in [-0.25, -0.2) is 4.79 Å². The number of carboxylic acids is 1. The SMILES string of the molecule is O=C(O)c1oc2ccccc2c1Nc1ccccc1Cl. The molecule has 0 aliphatic carbocycles. The number of hydrogen-bond acceptors (Lipinski definition) is 3. The minimum absolute atomic E-state index is 0.133. The minimum Gasteiger partial charge on any atom is -0.475 e. The van der Waals surface area contributed by atoms with Crippen LogP contribution in [-0.2, 0) is 0 Å². The summed E-state index contributed by atoms with van der Waals surface area (Å²) in [5.74, 6) is -1.26. The van der Waals surface area contributed by atoms with Crippen LogP contribution in [0.2, 0.25) is 5.02 Å². The largest absolute Gasteiger partial charge is 0.475 e. The maximum absolute atomic E-state index is 11.3. The van der Waals surface area contributed by atoms with Crippen molar-refractivity contribution < 1.29 is 14.3 Å². The molecule has 0 aliphatic rings. The Kier molecular flexibility index (Phi) is 3.08. The van der Waals surface area contributed by atoms with Crippen LogP contribution in [0.25, 0.3) is 11.0 Å². The first-order valence-corrected chi connectivity index (χ1v) is 6.31. The molecular formula is C15H10ClNO3. The molecule has 0 saturated heterocycles. The molecule has 2 N–H and O–H groups in total. The van der Waals surface area contributed by atoms with Gasteiger partial charge in [-0.15, -0.1) is 0 Å². The zero-order valence-corrected chi connectivity index (χ0v) is 11.0. The number of fused-ring (bicyclic) bond motifs is 1. The molecule has 1 heterocycles. The Morgan fingerprint density at radius 3 is 2.55 bits per heavy atom. The van der Waals surface area contributed by atoms with Crippen LogP contribution in [0.5, 0.6) is 0 Å². The van der Waals surface area contributed by atoms with E-state index in [1.165, 1.54) is 0 Å². The zero-order valence-electron chi connectivity index (χ0n) is 10.3. The molecule has 3 aromatic rings. The van der Waals surface area contributed by atoms with E-state index < -0.39 is 5.97 Å². The van der Waals surface area contributed by atoms with E-state index in [0.717, 1.165) is 0 Å². The average molecular weight is 288 g/mol. The van der Waals surface area contributed by atoms with Crippen LogP contribution in [0.3, 0.4) is 0 Å². The van der Waals surface area contributed by atoms with Crippen molar-refractivity contribution in [3.63, 3.8) is 0 Å². The van der Waals surface area contributed by atoms with Gasteiger partial charge in [0.2, 0.25) is 5.76 Å². The summed E-state index contributed by atoms with van der Waals surface area (Å²) in [6.07, 6.45) is 0. The Hall–Kier alpha value is -2.46. The van der Waals surface area contributed by atoms with Gasteiger partial charge in [0, 0.05) is 5.39 Å². The lowest BCUT2D eigenvalue weighted by atomic mass is 10.2. The molecule has 1 aromatic heterocycles. The number of nitrogens with one attached hydrogen (secondary N) is 1. The highest BCUT2D eigenvalue weighted by atomic mass is 35.5. The molecule has 5 heteroatoms. The molecule has 20 heavy (non-hydrogen) atoms. The van der Waals surface area contributed by atoms with Crippen molar-refractivity contribution in [2.45, 2.75) is 0 Å². The van der Waals surface area contributed by atoms with Crippen LogP contribution in [0.1, 0.15) is 10.6 Å². The number of para-hydroxylation sites is 2. The molecule has 0 radical (unpaired) electrons. The van der Waals surface area contributed by atoms with Crippen molar-refractivity contribution in [3.8, 4) is 0 Å². The zero-order chi connectivity index (χ0) is 14.1. The van der Waals surface area contributed by atoms with Gasteiger partial charge in [0.25, 0.3) is 0 Å². The molecular weight excluding hydrogens is 278 g/mol. The minimum atomic E-state index is -1.13. The van der Waals surface area contributed by atoms with Crippen molar-refractivity contribution in [2.24, 2.45) is 0 Å². The van der Waals surface area contributed by atoms with Crippen LogP contribution in [0, 0.1) is 0 Å². The van der Waals surface area contributed by atoms with Crippen LogP contribution in [0.4, 0.5) is 11.4 Å². The van der Waals surface area contributed by atoms with Crippen LogP contribution in [-0.4, -0.2) is 11.1 Å². The summed E-state index contributed by atoms with van der Waals surface area (Å²) in [6.45, 7) is 0. The summed E-state index contributed by atoms with van der Waals surface area (Å²) in [5.41, 5.74) is 1.55. The summed E-state index contributed by atoms with van der Waals surface area (Å²) in [7, 11) is 0. The van der Waals surface area contributed by atoms with Gasteiger partial charge in [0.1, 0.15) is 11.3 Å². The summed E-state index contributed by atoms with van der Waals surface area (Å²) in [6, 6.07) is 14.3. The molecule has 4 nitrogen and oxygen atoms in total. The van der Waals surface area contributed by atoms with E-state index in [9.17, 15) is 9.90 Å². The van der Waals surface area contributed by atoms with Gasteiger partial charge >= 0.3 is 5.97 Å². The number of furan rings is 1. The lowest BCUT2D eigenvalue weighted by molar-refractivity contribution is 0.0666. The van der Waals surface area contributed by atoms with Crippen molar-refractivity contribution in [1.29, 1.82) is 0 Å². The average Bonchev–Trinajstić information content (AvgIpc) is 2.81. The lowest BCUT2D eigenvalue weighted by Gasteiger charge is -2.07. The normalized spacial score (nSPS) is 10.7. The van der Waals surface area contributed by atoms with Crippen molar-refractivity contribution in [3.05, 3.63) is 59.3 Å². The fourth-order valence-electron chi connectivity index (χ4n) is 2.02. The van der Waals surface area contributed by atoms with E-state index in [1.54, 1.807) is 36.4 Å². The maximum Gasteiger partial charge on any atom is 0.374 e. The quantitative estimate of drug-likeness (QED) is 0.743. The smallest absolute Gasteiger partial charge is 0.374 e. The van der Waals surface area contributed by atoms with Gasteiger partial charge in [-0.1, -0.05) is 35.9 Å². The van der Waals surface area contributed by atoms with E-state index in [0.29, 0.717) is 27.4 Å². The Labute approximate surface area is 119 Å². The van der Waals surface area contributed by atoms with Crippen LogP contribution in [0.15, 0.2) is 52.9 Å². The highest BCUT2D eigenvalue weighted by Crippen LogP contribution is 2.35. The molecule has 0 atom stereocenters. The number of aromatic carboxylic acids is 1. The predicted octanol–water partition coefficient (Wildman–Crippen LogP) is 4.53. The third kappa shape index (κ3) is 2.10. The highest BCUT2D eigenvalue weighted by molar-refractivity contribution is 6.33. The number of carboxylic acid groups (broad SMARTS) is 1. The first-order chi connectivity index (χ1) is 9.66. The fraction of sp³-hybridized carbons (Fsp3) is 0. The number of hydrogen-bond donors (Lipinski definition) is 2. The number of halogens is 1. The second-order valence-electron chi connectivity index (χ2n) is 4.21. The van der Waals surface area contributed by atoms with E-state index >= 15 is 0 Å². The highest BCUT2D eigenvalue weighted by Gasteiger charge is 2.20. The van der Waals surface area contributed by atoms with E-state index in [4.69, 9.17) is 16.0 Å². The molecule has 0 aliphatic heterocycles. The Balaban J connectivity index is 2.17. The van der Waals surface area contributed by atoms with Crippen molar-refractivity contribution in [2.75, 3.05) is 5.32 Å². The first kappa shape index (κ1) is 12.6. The van der Waals surface area contributed by atoms with Gasteiger partial charge in [0.15, 0.2) is 0 Å². The number of carbonyl (C=O) groups is 1. The maximum atomic E-state index is 11.3. The van der Waals surface area contributed by atoms with Gasteiger partial charge < -0.3 is 14.8 Å². The molecule has 100 valence electrons. The van der Waals surface area contributed by atoms with Gasteiger partial charge in [-0.2, -0.15) is 0 Å². The third-order valence-electron chi connectivity index (χ3n) is 2.92. The molecule has 0 fully saturated rings. The summed E-state index contributed by atoms with van der Waals surface area (Å²) >= 11 is 6.08. The molecule has 0 saturated carbocycles. The van der Waals surface area contributed by atoms with Gasteiger partial charge in [-0.05, 0) is 24.3 Å². The van der Waals surface area contributed by atoms with Crippen molar-refractivity contribution in [1.82, 2.24) is 0 Å². The third-order valence-corrected chi connectivity index (χ3v) is 3.25. The van der Waals surface area contributed by atoms with E-state index in [-0.39, 0.29) is 5.76 Å². The molecule has 0 spiro atoms. The number of benzene rings is 2. The molecule has 0 bridgehead atoms. The van der Waals surface area contributed by atoms with Gasteiger partial charge in [-0.3, -0.25) is 0 Å². The van der Waals surface area contributed by atoms with E-state index in [1.807, 2.05) is 12.1 Å². The molecule has 0 amide bonds. The summed E-state index contributed by atoms with van der Waals surface area (Å²) < 4.78 is 5.37. The molecule has 0 unspecified atom stereocenters. The standard InChI is InChI=1S/C15H10ClNO3/c16-10-6-2-3-7-11(10)17-13-9-5-1-4-8-12(9)20-14(13)15(18)19/h1-8,17H,(H,18,19). The second kappa shape index (κ2) is 4.90. The molecule has 3 rings (SSSR count). The van der Waals surface area contributed by atoms with Crippen LogP contribution >= 0.6 is 11.6 Å². The first-order valence-electron chi connectivity index (χ1n) is 5.93. The Morgan fingerprint density at radius 1 is 1.10 bits per heavy atom. The van der Waals surface area contributed by atoms with Crippen LogP contribution < -0.4 is 5.32 Å². The topological polar surface area (TPSA) is 62.5 Å². The number of rotatable bonds is 3. The fourth-order valence-corrected chi connectivity index (χ4v) is 2.20. The monoisotopic (exact) mass is 287 g/mol. The Bertz CT molecular complexity index is 795. The number of anilines is 2. The molecule has 2 aromatic carbocycles. The Morgan fingerprint density at radius 2 is 1.80 bits per heavy atom. The van der Waals surface area contributed by atoms with Crippen molar-refractivity contribution >= 4 is 39.9 Å². The second-order valence-corrected chi connectivity index (χ2v) is 4.62. The summed E-state index contributed by atoms with van der Waals surface area (Å²) in [4.78, 5) is 11.3. The summed E-state index contributed by atoms with van der Waals surface area (Å²) in [5, 5.41) is 13.5. The van der Waals surface area contributed by atoms with E-state index in [2.05, 4.69) is 5.32 Å². The van der Waals surface area contributed by atoms with Gasteiger partial charge in [0.05, 0.1) is 10.7 Å². The lowest BCUT2D eigenvalue weighted by Crippen LogP contribution is -2.00.